The number of likely N-dealkylation sites (N-methyl/N-ethyl adjacent to an activating group) is 1. The molecule has 0 saturated carbocycles. The lowest BCUT2D eigenvalue weighted by molar-refractivity contribution is -0.0564. The average molecular weight is 282 g/mol. The first kappa shape index (κ1) is 15.3. The van der Waals surface area contributed by atoms with Gasteiger partial charge in [0.15, 0.2) is 5.75 Å². The molecule has 2 rings (SSSR count). The van der Waals surface area contributed by atoms with E-state index in [4.69, 9.17) is 9.47 Å². The summed E-state index contributed by atoms with van der Waals surface area (Å²) in [6.45, 7) is 7.12. The maximum atomic E-state index is 5.99. The van der Waals surface area contributed by atoms with E-state index in [-0.39, 0.29) is 12.1 Å². The highest BCUT2D eigenvalue weighted by Gasteiger charge is 2.32. The van der Waals surface area contributed by atoms with Crippen LogP contribution in [-0.2, 0) is 11.8 Å². The smallest absolute Gasteiger partial charge is 0.161 e. The molecular weight excluding hydrogens is 256 g/mol. The summed E-state index contributed by atoms with van der Waals surface area (Å²) in [6, 6.07) is 0.603. The van der Waals surface area contributed by atoms with Gasteiger partial charge in [-0.05, 0) is 20.9 Å². The fourth-order valence-electron chi connectivity index (χ4n) is 2.80. The summed E-state index contributed by atoms with van der Waals surface area (Å²) in [5.41, 5.74) is 1.03. The van der Waals surface area contributed by atoms with Crippen LogP contribution in [-0.4, -0.2) is 60.7 Å². The van der Waals surface area contributed by atoms with E-state index in [1.54, 1.807) is 13.3 Å². The van der Waals surface area contributed by atoms with Crippen LogP contribution in [0.3, 0.4) is 0 Å². The standard InChI is InChI=1S/C14H26N4O2/c1-10(2)18-6-7-20-12(9-18)13(15-3)14-11(19-5)8-16-17(14)4/h8,10,12-13,15H,6-7,9H2,1-5H3. The third-order valence-corrected chi connectivity index (χ3v) is 4.00. The Balaban J connectivity index is 2.21. The Kier molecular flexibility index (Phi) is 5.01. The number of hydrogen-bond acceptors (Lipinski definition) is 5. The second-order valence-corrected chi connectivity index (χ2v) is 5.49. The summed E-state index contributed by atoms with van der Waals surface area (Å²) in [4.78, 5) is 2.45. The predicted octanol–water partition coefficient (Wildman–Crippen LogP) is 0.798. The number of nitrogens with zero attached hydrogens (tertiary/aromatic N) is 3. The molecule has 114 valence electrons. The number of morpholine rings is 1. The number of rotatable bonds is 5. The maximum absolute atomic E-state index is 5.99. The molecule has 2 unspecified atom stereocenters. The van der Waals surface area contributed by atoms with Crippen LogP contribution in [0.4, 0.5) is 0 Å². The van der Waals surface area contributed by atoms with Crippen LogP contribution < -0.4 is 10.1 Å². The van der Waals surface area contributed by atoms with Gasteiger partial charge in [-0.1, -0.05) is 0 Å². The van der Waals surface area contributed by atoms with Crippen LogP contribution >= 0.6 is 0 Å². The summed E-state index contributed by atoms with van der Waals surface area (Å²) < 4.78 is 13.3. The molecular formula is C14H26N4O2. The number of nitrogens with one attached hydrogen (secondary N) is 1. The molecule has 1 aromatic rings. The minimum atomic E-state index is 0.0685. The molecule has 2 atom stereocenters. The van der Waals surface area contributed by atoms with E-state index in [2.05, 4.69) is 29.2 Å². The molecule has 0 spiro atoms. The molecule has 0 aliphatic carbocycles. The van der Waals surface area contributed by atoms with Crippen LogP contribution in [0.15, 0.2) is 6.20 Å². The summed E-state index contributed by atoms with van der Waals surface area (Å²) in [6.07, 6.45) is 1.85. The van der Waals surface area contributed by atoms with E-state index in [9.17, 15) is 0 Å². The van der Waals surface area contributed by atoms with Crippen molar-refractivity contribution in [3.05, 3.63) is 11.9 Å². The molecule has 1 aliphatic heterocycles. The predicted molar refractivity (Wildman–Crippen MR) is 78.0 cm³/mol. The lowest BCUT2D eigenvalue weighted by Crippen LogP contribution is -2.50. The van der Waals surface area contributed by atoms with Crippen molar-refractivity contribution >= 4 is 0 Å². The summed E-state index contributed by atoms with van der Waals surface area (Å²) in [5, 5.41) is 7.64. The molecule has 0 radical (unpaired) electrons. The third kappa shape index (κ3) is 2.97. The zero-order valence-corrected chi connectivity index (χ0v) is 13.1. The minimum absolute atomic E-state index is 0.0685. The highest BCUT2D eigenvalue weighted by Crippen LogP contribution is 2.29. The van der Waals surface area contributed by atoms with Crippen molar-refractivity contribution in [2.24, 2.45) is 7.05 Å². The Hall–Kier alpha value is -1.11. The zero-order chi connectivity index (χ0) is 14.7. The molecule has 1 fully saturated rings. The largest absolute Gasteiger partial charge is 0.493 e. The van der Waals surface area contributed by atoms with Gasteiger partial charge in [-0.3, -0.25) is 9.58 Å². The summed E-state index contributed by atoms with van der Waals surface area (Å²) in [7, 11) is 5.56. The van der Waals surface area contributed by atoms with Crippen molar-refractivity contribution in [1.82, 2.24) is 20.0 Å². The number of aryl methyl sites for hydroxylation is 1. The molecule has 1 aromatic heterocycles. The van der Waals surface area contributed by atoms with E-state index in [1.807, 2.05) is 18.8 Å². The van der Waals surface area contributed by atoms with Gasteiger partial charge in [0.2, 0.25) is 0 Å². The second kappa shape index (κ2) is 6.56. The van der Waals surface area contributed by atoms with Crippen LogP contribution in [0.5, 0.6) is 5.75 Å². The Bertz CT molecular complexity index is 433. The molecule has 1 N–H and O–H groups in total. The van der Waals surface area contributed by atoms with Gasteiger partial charge in [0.1, 0.15) is 0 Å². The molecule has 6 nitrogen and oxygen atoms in total. The molecule has 0 aromatic carbocycles. The minimum Gasteiger partial charge on any atom is -0.493 e. The Labute approximate surface area is 121 Å². The van der Waals surface area contributed by atoms with E-state index in [0.29, 0.717) is 6.04 Å². The van der Waals surface area contributed by atoms with Gasteiger partial charge >= 0.3 is 0 Å². The monoisotopic (exact) mass is 282 g/mol. The topological polar surface area (TPSA) is 51.5 Å². The fraction of sp³-hybridized carbons (Fsp3) is 0.786. The second-order valence-electron chi connectivity index (χ2n) is 5.49. The van der Waals surface area contributed by atoms with Crippen LogP contribution in [0, 0.1) is 0 Å². The van der Waals surface area contributed by atoms with Crippen LogP contribution in [0.25, 0.3) is 0 Å². The van der Waals surface area contributed by atoms with E-state index in [0.717, 1.165) is 31.1 Å². The molecule has 2 heterocycles. The molecule has 1 saturated heterocycles. The van der Waals surface area contributed by atoms with E-state index >= 15 is 0 Å². The van der Waals surface area contributed by atoms with E-state index in [1.165, 1.54) is 0 Å². The Morgan fingerprint density at radius 1 is 1.50 bits per heavy atom. The average Bonchev–Trinajstić information content (AvgIpc) is 2.82. The maximum Gasteiger partial charge on any atom is 0.161 e. The first-order chi connectivity index (χ1) is 9.58. The quantitative estimate of drug-likeness (QED) is 0.865. The Morgan fingerprint density at radius 2 is 2.25 bits per heavy atom. The van der Waals surface area contributed by atoms with Crippen molar-refractivity contribution < 1.29 is 9.47 Å². The SMILES string of the molecule is CNC(c1c(OC)cnn1C)C1CN(C(C)C)CCO1. The first-order valence-corrected chi connectivity index (χ1v) is 7.17. The van der Waals surface area contributed by atoms with Crippen molar-refractivity contribution in [1.29, 1.82) is 0 Å². The number of methoxy groups -OCH3 is 1. The van der Waals surface area contributed by atoms with Gasteiger partial charge in [-0.2, -0.15) is 5.10 Å². The summed E-state index contributed by atoms with van der Waals surface area (Å²) >= 11 is 0. The van der Waals surface area contributed by atoms with Crippen molar-refractivity contribution in [2.45, 2.75) is 32.0 Å². The van der Waals surface area contributed by atoms with Gasteiger partial charge in [0.05, 0.1) is 37.8 Å². The van der Waals surface area contributed by atoms with Gasteiger partial charge < -0.3 is 14.8 Å². The van der Waals surface area contributed by atoms with Crippen LogP contribution in [0.2, 0.25) is 0 Å². The molecule has 0 bridgehead atoms. The summed E-state index contributed by atoms with van der Waals surface area (Å²) in [5.74, 6) is 0.803. The van der Waals surface area contributed by atoms with Gasteiger partial charge in [0, 0.05) is 26.2 Å². The third-order valence-electron chi connectivity index (χ3n) is 4.00. The lowest BCUT2D eigenvalue weighted by Gasteiger charge is -2.38. The van der Waals surface area contributed by atoms with Crippen molar-refractivity contribution in [2.75, 3.05) is 33.9 Å². The molecule has 20 heavy (non-hydrogen) atoms. The van der Waals surface area contributed by atoms with Gasteiger partial charge in [0.25, 0.3) is 0 Å². The van der Waals surface area contributed by atoms with E-state index < -0.39 is 0 Å². The number of hydrogen-bond donors (Lipinski definition) is 1. The van der Waals surface area contributed by atoms with Crippen molar-refractivity contribution in [3.8, 4) is 5.75 Å². The fourth-order valence-corrected chi connectivity index (χ4v) is 2.80. The number of ether oxygens (including phenoxy) is 2. The lowest BCUT2D eigenvalue weighted by atomic mass is 10.0. The van der Waals surface area contributed by atoms with Gasteiger partial charge in [-0.15, -0.1) is 0 Å². The zero-order valence-electron chi connectivity index (χ0n) is 13.1. The van der Waals surface area contributed by atoms with Crippen LogP contribution in [0.1, 0.15) is 25.6 Å². The van der Waals surface area contributed by atoms with Gasteiger partial charge in [-0.25, -0.2) is 0 Å². The first-order valence-electron chi connectivity index (χ1n) is 7.17. The Morgan fingerprint density at radius 3 is 2.85 bits per heavy atom. The highest BCUT2D eigenvalue weighted by atomic mass is 16.5. The highest BCUT2D eigenvalue weighted by molar-refractivity contribution is 5.29. The number of aromatic nitrogens is 2. The molecule has 6 heteroatoms. The molecule has 1 aliphatic rings. The van der Waals surface area contributed by atoms with Crippen molar-refractivity contribution in [3.63, 3.8) is 0 Å². The normalized spacial score (nSPS) is 22.2. The molecule has 0 amide bonds.